The number of aliphatic hydroxyl groups excluding tert-OH is 1. The van der Waals surface area contributed by atoms with Gasteiger partial charge in [0.2, 0.25) is 0 Å². The predicted molar refractivity (Wildman–Crippen MR) is 117 cm³/mol. The van der Waals surface area contributed by atoms with Crippen LogP contribution in [0.4, 0.5) is 0 Å². The molecular weight excluding hydrogens is 328 g/mol. The molecule has 0 amide bonds. The van der Waals surface area contributed by atoms with Gasteiger partial charge < -0.3 is 5.11 Å². The van der Waals surface area contributed by atoms with Gasteiger partial charge in [0, 0.05) is 6.61 Å². The van der Waals surface area contributed by atoms with Crippen LogP contribution in [0.2, 0.25) is 0 Å². The predicted octanol–water partition coefficient (Wildman–Crippen LogP) is 7.90. The zero-order chi connectivity index (χ0) is 19.2. The summed E-state index contributed by atoms with van der Waals surface area (Å²) in [4.78, 5) is 0. The lowest BCUT2D eigenvalue weighted by Gasteiger charge is -2.67. The maximum absolute atomic E-state index is 9.82. The first-order valence-electron chi connectivity index (χ1n) is 12.8. The van der Waals surface area contributed by atoms with Crippen molar-refractivity contribution in [2.24, 2.45) is 28.6 Å². The molecular formula is C26H48O. The Hall–Kier alpha value is -0.0400. The maximum Gasteiger partial charge on any atom is 0.0434 e. The van der Waals surface area contributed by atoms with Crippen LogP contribution in [0.15, 0.2) is 0 Å². The Labute approximate surface area is 170 Å². The fraction of sp³-hybridized carbons (Fsp3) is 1.00. The van der Waals surface area contributed by atoms with Gasteiger partial charge in [-0.05, 0) is 92.8 Å². The van der Waals surface area contributed by atoms with E-state index in [9.17, 15) is 5.11 Å². The molecule has 0 atom stereocenters. The van der Waals surface area contributed by atoms with Gasteiger partial charge >= 0.3 is 0 Å². The van der Waals surface area contributed by atoms with Crippen molar-refractivity contribution in [1.29, 1.82) is 0 Å². The fourth-order valence-corrected chi connectivity index (χ4v) is 7.71. The molecule has 2 spiro atoms. The Balaban J connectivity index is 1.49. The molecule has 3 fully saturated rings. The van der Waals surface area contributed by atoms with Crippen molar-refractivity contribution < 1.29 is 5.11 Å². The van der Waals surface area contributed by atoms with Gasteiger partial charge in [0.15, 0.2) is 0 Å². The first-order valence-corrected chi connectivity index (χ1v) is 12.8. The number of rotatable bonds is 10. The average Bonchev–Trinajstić information content (AvgIpc) is 2.69. The van der Waals surface area contributed by atoms with Crippen molar-refractivity contribution in [2.45, 2.75) is 129 Å². The summed E-state index contributed by atoms with van der Waals surface area (Å²) in [6.45, 7) is 5.07. The third kappa shape index (κ3) is 4.93. The van der Waals surface area contributed by atoms with Crippen molar-refractivity contribution >= 4 is 0 Å². The van der Waals surface area contributed by atoms with Crippen LogP contribution in [0, 0.1) is 28.6 Å². The molecule has 0 aromatic rings. The first kappa shape index (κ1) is 21.7. The van der Waals surface area contributed by atoms with Gasteiger partial charge in [0.1, 0.15) is 0 Å². The molecule has 3 saturated carbocycles. The molecule has 3 aliphatic rings. The highest BCUT2D eigenvalue weighted by Crippen LogP contribution is 2.71. The fourth-order valence-electron chi connectivity index (χ4n) is 7.71. The topological polar surface area (TPSA) is 20.2 Å². The third-order valence-corrected chi connectivity index (χ3v) is 9.23. The van der Waals surface area contributed by atoms with Gasteiger partial charge in [-0.3, -0.25) is 0 Å². The molecule has 0 aromatic carbocycles. The largest absolute Gasteiger partial charge is 0.396 e. The van der Waals surface area contributed by atoms with Crippen LogP contribution in [0.1, 0.15) is 129 Å². The van der Waals surface area contributed by atoms with E-state index in [-0.39, 0.29) is 0 Å². The Bertz CT molecular complexity index is 376. The molecule has 1 N–H and O–H groups in total. The SMILES string of the molecule is CCCCCC1CCC2(CC1)CC1(CCC(CCCCC)CC1)C2CCO. The normalized spacial score (nSPS) is 39.0. The maximum atomic E-state index is 9.82. The van der Waals surface area contributed by atoms with Crippen molar-refractivity contribution in [2.75, 3.05) is 6.61 Å². The van der Waals surface area contributed by atoms with Gasteiger partial charge in [-0.2, -0.15) is 0 Å². The molecule has 3 aliphatic carbocycles. The second-order valence-corrected chi connectivity index (χ2v) is 10.8. The number of aliphatic hydroxyl groups is 1. The number of hydrogen-bond acceptors (Lipinski definition) is 1. The van der Waals surface area contributed by atoms with E-state index in [0.717, 1.165) is 24.2 Å². The summed E-state index contributed by atoms with van der Waals surface area (Å²) in [6, 6.07) is 0. The van der Waals surface area contributed by atoms with E-state index in [1.54, 1.807) is 0 Å². The summed E-state index contributed by atoms with van der Waals surface area (Å²) >= 11 is 0. The van der Waals surface area contributed by atoms with Gasteiger partial charge in [0.25, 0.3) is 0 Å². The van der Waals surface area contributed by atoms with Crippen LogP contribution in [0.3, 0.4) is 0 Å². The smallest absolute Gasteiger partial charge is 0.0434 e. The third-order valence-electron chi connectivity index (χ3n) is 9.23. The lowest BCUT2D eigenvalue weighted by molar-refractivity contribution is -0.181. The van der Waals surface area contributed by atoms with Gasteiger partial charge in [0.05, 0.1) is 0 Å². The van der Waals surface area contributed by atoms with Crippen LogP contribution in [0.5, 0.6) is 0 Å². The highest BCUT2D eigenvalue weighted by Gasteiger charge is 2.62. The standard InChI is InChI=1S/C26H48O/c1-3-5-7-9-22-11-16-25(17-12-22)21-26(24(25)15-20-27)18-13-23(14-19-26)10-8-6-4-2/h22-24,27H,3-21H2,1-2H3. The minimum Gasteiger partial charge on any atom is -0.396 e. The van der Waals surface area contributed by atoms with Crippen LogP contribution in [-0.2, 0) is 0 Å². The summed E-state index contributed by atoms with van der Waals surface area (Å²) < 4.78 is 0. The van der Waals surface area contributed by atoms with Crippen molar-refractivity contribution in [3.63, 3.8) is 0 Å². The Morgan fingerprint density at radius 3 is 1.48 bits per heavy atom. The number of hydrogen-bond donors (Lipinski definition) is 1. The molecule has 0 heterocycles. The molecule has 1 heteroatoms. The highest BCUT2D eigenvalue weighted by molar-refractivity contribution is 5.12. The minimum absolute atomic E-state index is 0.425. The van der Waals surface area contributed by atoms with E-state index >= 15 is 0 Å². The Kier molecular flexibility index (Phi) is 8.13. The highest BCUT2D eigenvalue weighted by atomic mass is 16.3. The molecule has 0 saturated heterocycles. The molecule has 3 rings (SSSR count). The molecule has 1 nitrogen and oxygen atoms in total. The second-order valence-electron chi connectivity index (χ2n) is 10.8. The first-order chi connectivity index (χ1) is 13.2. The quantitative estimate of drug-likeness (QED) is 0.384. The molecule has 158 valence electrons. The summed E-state index contributed by atoms with van der Waals surface area (Å²) in [5, 5.41) is 9.82. The van der Waals surface area contributed by atoms with E-state index < -0.39 is 0 Å². The summed E-state index contributed by atoms with van der Waals surface area (Å²) in [5.41, 5.74) is 1.28. The van der Waals surface area contributed by atoms with Crippen molar-refractivity contribution in [3.05, 3.63) is 0 Å². The average molecular weight is 377 g/mol. The molecule has 0 aromatic heterocycles. The van der Waals surface area contributed by atoms with Gasteiger partial charge in [-0.15, -0.1) is 0 Å². The Morgan fingerprint density at radius 2 is 1.11 bits per heavy atom. The van der Waals surface area contributed by atoms with Crippen LogP contribution in [-0.4, -0.2) is 11.7 Å². The summed E-state index contributed by atoms with van der Waals surface area (Å²) in [6.07, 6.45) is 26.0. The van der Waals surface area contributed by atoms with E-state index in [4.69, 9.17) is 0 Å². The monoisotopic (exact) mass is 376 g/mol. The van der Waals surface area contributed by atoms with Crippen LogP contribution in [0.25, 0.3) is 0 Å². The Morgan fingerprint density at radius 1 is 0.667 bits per heavy atom. The van der Waals surface area contributed by atoms with E-state index in [1.807, 2.05) is 0 Å². The molecule has 0 unspecified atom stereocenters. The second kappa shape index (κ2) is 10.1. The van der Waals surface area contributed by atoms with E-state index in [1.165, 1.54) is 109 Å². The summed E-state index contributed by atoms with van der Waals surface area (Å²) in [7, 11) is 0. The van der Waals surface area contributed by atoms with Gasteiger partial charge in [-0.1, -0.05) is 65.2 Å². The minimum atomic E-state index is 0.425. The van der Waals surface area contributed by atoms with Crippen LogP contribution < -0.4 is 0 Å². The van der Waals surface area contributed by atoms with E-state index in [2.05, 4.69) is 13.8 Å². The molecule has 0 radical (unpaired) electrons. The zero-order valence-electron chi connectivity index (χ0n) is 18.6. The summed E-state index contributed by atoms with van der Waals surface area (Å²) in [5.74, 6) is 2.88. The van der Waals surface area contributed by atoms with Gasteiger partial charge in [-0.25, -0.2) is 0 Å². The van der Waals surface area contributed by atoms with Crippen molar-refractivity contribution in [1.82, 2.24) is 0 Å². The zero-order valence-corrected chi connectivity index (χ0v) is 18.6. The van der Waals surface area contributed by atoms with Crippen LogP contribution >= 0.6 is 0 Å². The van der Waals surface area contributed by atoms with E-state index in [0.29, 0.717) is 17.4 Å². The number of unbranched alkanes of at least 4 members (excludes halogenated alkanes) is 4. The lowest BCUT2D eigenvalue weighted by atomic mass is 9.37. The molecule has 0 bridgehead atoms. The molecule has 27 heavy (non-hydrogen) atoms. The lowest BCUT2D eigenvalue weighted by Crippen LogP contribution is -2.59. The van der Waals surface area contributed by atoms with Crippen molar-refractivity contribution in [3.8, 4) is 0 Å². The molecule has 0 aliphatic heterocycles.